The van der Waals surface area contributed by atoms with Crippen LogP contribution in [0.4, 0.5) is 0 Å². The van der Waals surface area contributed by atoms with Gasteiger partial charge in [0.15, 0.2) is 0 Å². The second-order valence-electron chi connectivity index (χ2n) is 9.85. The quantitative estimate of drug-likeness (QED) is 0.563. The molecule has 2 aromatic rings. The molecule has 33 heavy (non-hydrogen) atoms. The first kappa shape index (κ1) is 25.1. The van der Waals surface area contributed by atoms with Crippen molar-refractivity contribution in [3.8, 4) is 11.5 Å². The van der Waals surface area contributed by atoms with Gasteiger partial charge in [0.1, 0.15) is 11.5 Å². The van der Waals surface area contributed by atoms with Crippen molar-refractivity contribution in [1.29, 1.82) is 0 Å². The van der Waals surface area contributed by atoms with Crippen LogP contribution in [0.3, 0.4) is 0 Å². The van der Waals surface area contributed by atoms with Crippen LogP contribution in [0, 0.1) is 11.8 Å². The van der Waals surface area contributed by atoms with Crippen molar-refractivity contribution in [2.24, 2.45) is 11.8 Å². The first-order chi connectivity index (χ1) is 15.8. The fourth-order valence-electron chi connectivity index (χ4n) is 4.96. The van der Waals surface area contributed by atoms with E-state index in [-0.39, 0.29) is 11.9 Å². The summed E-state index contributed by atoms with van der Waals surface area (Å²) in [6.07, 6.45) is 2.24. The van der Waals surface area contributed by atoms with Crippen LogP contribution in [0.2, 0.25) is 0 Å². The van der Waals surface area contributed by atoms with Crippen LogP contribution in [0.15, 0.2) is 48.5 Å². The Kier molecular flexibility index (Phi) is 8.79. The van der Waals surface area contributed by atoms with Gasteiger partial charge in [0.2, 0.25) is 5.91 Å². The predicted octanol–water partition coefficient (Wildman–Crippen LogP) is 4.99. The van der Waals surface area contributed by atoms with Gasteiger partial charge in [-0.2, -0.15) is 0 Å². The molecule has 1 unspecified atom stereocenters. The highest BCUT2D eigenvalue weighted by Gasteiger charge is 2.34. The van der Waals surface area contributed by atoms with Crippen molar-refractivity contribution < 1.29 is 14.6 Å². The first-order valence-corrected chi connectivity index (χ1v) is 12.2. The molecule has 5 heteroatoms. The third-order valence-electron chi connectivity index (χ3n) is 7.35. The van der Waals surface area contributed by atoms with Gasteiger partial charge in [-0.25, -0.2) is 0 Å². The minimum Gasteiger partial charge on any atom is -0.508 e. The van der Waals surface area contributed by atoms with E-state index >= 15 is 0 Å². The maximum Gasteiger partial charge on any atom is 0.220 e. The summed E-state index contributed by atoms with van der Waals surface area (Å²) in [5, 5.41) is 13.2. The van der Waals surface area contributed by atoms with Gasteiger partial charge in [-0.3, -0.25) is 9.69 Å². The van der Waals surface area contributed by atoms with Crippen molar-refractivity contribution >= 4 is 5.91 Å². The molecular formula is C28H40N2O3. The van der Waals surface area contributed by atoms with Gasteiger partial charge < -0.3 is 15.2 Å². The number of aryl methyl sites for hydroxylation is 1. The monoisotopic (exact) mass is 452 g/mol. The molecule has 1 heterocycles. The lowest BCUT2D eigenvalue weighted by Gasteiger charge is -2.44. The number of likely N-dealkylation sites (tertiary alicyclic amines) is 1. The zero-order valence-corrected chi connectivity index (χ0v) is 20.8. The molecule has 0 saturated carbocycles. The van der Waals surface area contributed by atoms with Crippen molar-refractivity contribution in [3.05, 3.63) is 59.7 Å². The van der Waals surface area contributed by atoms with Gasteiger partial charge in [0.05, 0.1) is 7.11 Å². The summed E-state index contributed by atoms with van der Waals surface area (Å²) in [5.41, 5.74) is 2.34. The number of methoxy groups -OCH3 is 1. The maximum absolute atomic E-state index is 12.8. The molecule has 180 valence electrons. The number of hydrogen-bond donors (Lipinski definition) is 2. The molecule has 4 atom stereocenters. The molecule has 5 nitrogen and oxygen atoms in total. The van der Waals surface area contributed by atoms with Crippen LogP contribution >= 0.6 is 0 Å². The third kappa shape index (κ3) is 6.73. The Morgan fingerprint density at radius 3 is 2.64 bits per heavy atom. The molecule has 0 aliphatic carbocycles. The number of ether oxygens (including phenoxy) is 1. The number of aromatic hydroxyl groups is 1. The Morgan fingerprint density at radius 1 is 1.18 bits per heavy atom. The van der Waals surface area contributed by atoms with Crippen molar-refractivity contribution in [2.75, 3.05) is 20.2 Å². The number of phenolic OH excluding ortho intramolecular Hbond substituents is 1. The number of nitrogens with zero attached hydrogens (tertiary/aromatic N) is 1. The lowest BCUT2D eigenvalue weighted by atomic mass is 9.77. The van der Waals surface area contributed by atoms with E-state index in [1.54, 1.807) is 13.2 Å². The number of carbonyl (C=O) groups excluding carboxylic acids is 1. The topological polar surface area (TPSA) is 61.8 Å². The number of piperidine rings is 1. The summed E-state index contributed by atoms with van der Waals surface area (Å²) in [4.78, 5) is 15.3. The molecule has 3 rings (SSSR count). The highest BCUT2D eigenvalue weighted by atomic mass is 16.5. The van der Waals surface area contributed by atoms with E-state index in [1.165, 1.54) is 5.56 Å². The van der Waals surface area contributed by atoms with E-state index in [0.717, 1.165) is 30.8 Å². The Labute approximate surface area is 199 Å². The Balaban J connectivity index is 1.56. The number of phenols is 1. The number of hydrogen-bond acceptors (Lipinski definition) is 4. The number of amides is 1. The molecule has 1 saturated heterocycles. The molecule has 0 spiro atoms. The molecule has 2 N–H and O–H groups in total. The van der Waals surface area contributed by atoms with Crippen LogP contribution in [0.5, 0.6) is 11.5 Å². The lowest BCUT2D eigenvalue weighted by Crippen LogP contribution is -2.53. The van der Waals surface area contributed by atoms with E-state index in [4.69, 9.17) is 4.74 Å². The Bertz CT molecular complexity index is 914. The molecule has 2 aromatic carbocycles. The molecule has 1 fully saturated rings. The predicted molar refractivity (Wildman–Crippen MR) is 134 cm³/mol. The van der Waals surface area contributed by atoms with Gasteiger partial charge in [-0.05, 0) is 79.5 Å². The average Bonchev–Trinajstić information content (AvgIpc) is 2.80. The van der Waals surface area contributed by atoms with E-state index in [1.807, 2.05) is 36.4 Å². The van der Waals surface area contributed by atoms with E-state index in [9.17, 15) is 9.90 Å². The molecular weight excluding hydrogens is 412 g/mol. The summed E-state index contributed by atoms with van der Waals surface area (Å²) in [6.45, 7) is 10.8. The van der Waals surface area contributed by atoms with Gasteiger partial charge in [-0.15, -0.1) is 0 Å². The summed E-state index contributed by atoms with van der Waals surface area (Å²) in [7, 11) is 1.66. The van der Waals surface area contributed by atoms with Crippen molar-refractivity contribution in [3.63, 3.8) is 0 Å². The molecule has 0 bridgehead atoms. The van der Waals surface area contributed by atoms with Gasteiger partial charge >= 0.3 is 0 Å². The molecule has 1 amide bonds. The second-order valence-corrected chi connectivity index (χ2v) is 9.85. The fraction of sp³-hybridized carbons (Fsp3) is 0.536. The Hall–Kier alpha value is -2.53. The summed E-state index contributed by atoms with van der Waals surface area (Å²) >= 11 is 0. The highest BCUT2D eigenvalue weighted by Crippen LogP contribution is 2.37. The lowest BCUT2D eigenvalue weighted by molar-refractivity contribution is -0.122. The van der Waals surface area contributed by atoms with Gasteiger partial charge in [0.25, 0.3) is 0 Å². The fourth-order valence-corrected chi connectivity index (χ4v) is 4.96. The van der Waals surface area contributed by atoms with Crippen LogP contribution in [-0.4, -0.2) is 48.2 Å². The maximum atomic E-state index is 12.8. The van der Waals surface area contributed by atoms with Crippen molar-refractivity contribution in [1.82, 2.24) is 10.2 Å². The average molecular weight is 453 g/mol. The molecule has 1 aliphatic heterocycles. The number of nitrogens with one attached hydrogen (secondary N) is 1. The van der Waals surface area contributed by atoms with Crippen LogP contribution in [0.25, 0.3) is 0 Å². The number of carbonyl (C=O) groups is 1. The molecule has 1 aliphatic rings. The first-order valence-electron chi connectivity index (χ1n) is 12.2. The number of rotatable bonds is 9. The third-order valence-corrected chi connectivity index (χ3v) is 7.35. The smallest absolute Gasteiger partial charge is 0.220 e. The van der Waals surface area contributed by atoms with Crippen molar-refractivity contribution in [2.45, 2.75) is 65.0 Å². The second kappa shape index (κ2) is 11.6. The highest BCUT2D eigenvalue weighted by molar-refractivity contribution is 5.76. The van der Waals surface area contributed by atoms with E-state index in [2.05, 4.69) is 44.0 Å². The van der Waals surface area contributed by atoms with Crippen LogP contribution in [0.1, 0.15) is 57.6 Å². The number of benzene rings is 2. The zero-order valence-electron chi connectivity index (χ0n) is 20.8. The normalized spacial score (nSPS) is 22.2. The van der Waals surface area contributed by atoms with E-state index in [0.29, 0.717) is 42.4 Å². The minimum absolute atomic E-state index is 0.104. The Morgan fingerprint density at radius 2 is 1.94 bits per heavy atom. The summed E-state index contributed by atoms with van der Waals surface area (Å²) in [5.74, 6) is 2.54. The van der Waals surface area contributed by atoms with Crippen LogP contribution < -0.4 is 10.1 Å². The zero-order chi connectivity index (χ0) is 24.0. The largest absolute Gasteiger partial charge is 0.508 e. The van der Waals surface area contributed by atoms with E-state index < -0.39 is 0 Å². The standard InChI is InChI=1S/C28H40N2O3/c1-19(2)27(29-28(32)13-12-22-8-6-11-25(16-22)33-5)18-30-15-14-26(20(3)21(30)4)23-9-7-10-24(31)17-23/h6-11,16-17,19-21,26-27,31H,12-15,18H2,1-5H3,(H,29,32)/t20-,21?,26+,27+/m0/s1. The van der Waals surface area contributed by atoms with Gasteiger partial charge in [-0.1, -0.05) is 45.0 Å². The summed E-state index contributed by atoms with van der Waals surface area (Å²) in [6, 6.07) is 16.1. The van der Waals surface area contributed by atoms with Gasteiger partial charge in [0, 0.05) is 25.0 Å². The summed E-state index contributed by atoms with van der Waals surface area (Å²) < 4.78 is 5.28. The SMILES string of the molecule is COc1cccc(CCC(=O)N[C@H](CN2CC[C@@H](c3cccc(O)c3)[C@@H](C)C2C)C(C)C)c1. The molecule has 0 radical (unpaired) electrons. The molecule has 0 aromatic heterocycles. The minimum atomic E-state index is 0.104. The van der Waals surface area contributed by atoms with Crippen LogP contribution in [-0.2, 0) is 11.2 Å².